The maximum Gasteiger partial charge on any atom is 0.246 e. The molecular weight excluding hydrogens is 364 g/mol. The molecule has 8 heteroatoms. The SMILES string of the molecule is Cc1cccc(-c2noc(CNC(=S)Nc3ccc4c(c3)OCCO4)n2)c1. The van der Waals surface area contributed by atoms with Crippen molar-refractivity contribution in [3.8, 4) is 22.9 Å². The number of ether oxygens (including phenoxy) is 2. The molecule has 3 aromatic rings. The van der Waals surface area contributed by atoms with Gasteiger partial charge in [-0.05, 0) is 37.3 Å². The van der Waals surface area contributed by atoms with E-state index < -0.39 is 0 Å². The van der Waals surface area contributed by atoms with E-state index in [2.05, 4.69) is 20.8 Å². The van der Waals surface area contributed by atoms with Gasteiger partial charge in [0.1, 0.15) is 13.2 Å². The van der Waals surface area contributed by atoms with E-state index in [-0.39, 0.29) is 0 Å². The van der Waals surface area contributed by atoms with Crippen LogP contribution in [0.2, 0.25) is 0 Å². The number of rotatable bonds is 4. The van der Waals surface area contributed by atoms with Crippen molar-refractivity contribution in [1.29, 1.82) is 0 Å². The number of nitrogens with zero attached hydrogens (tertiary/aromatic N) is 2. The molecule has 0 amide bonds. The standard InChI is InChI=1S/C19H18N4O3S/c1-12-3-2-4-13(9-12)18-22-17(26-23-18)11-20-19(27)21-14-5-6-15-16(10-14)25-8-7-24-15/h2-6,9-10H,7-8,11H2,1H3,(H2,20,21,27). The van der Waals surface area contributed by atoms with Crippen LogP contribution < -0.4 is 20.1 Å². The van der Waals surface area contributed by atoms with Gasteiger partial charge in [-0.15, -0.1) is 0 Å². The molecule has 2 heterocycles. The summed E-state index contributed by atoms with van der Waals surface area (Å²) in [5.41, 5.74) is 2.87. The topological polar surface area (TPSA) is 81.4 Å². The number of benzene rings is 2. The van der Waals surface area contributed by atoms with E-state index in [1.807, 2.05) is 49.4 Å². The van der Waals surface area contributed by atoms with Crippen LogP contribution in [0.15, 0.2) is 47.0 Å². The van der Waals surface area contributed by atoms with Crippen molar-refractivity contribution in [2.24, 2.45) is 0 Å². The normalized spacial score (nSPS) is 12.5. The molecule has 0 unspecified atom stereocenters. The summed E-state index contributed by atoms with van der Waals surface area (Å²) in [4.78, 5) is 4.39. The summed E-state index contributed by atoms with van der Waals surface area (Å²) < 4.78 is 16.4. The van der Waals surface area contributed by atoms with Gasteiger partial charge in [0, 0.05) is 17.3 Å². The Morgan fingerprint density at radius 3 is 2.81 bits per heavy atom. The number of hydrogen-bond acceptors (Lipinski definition) is 6. The lowest BCUT2D eigenvalue weighted by Crippen LogP contribution is -2.28. The minimum Gasteiger partial charge on any atom is -0.486 e. The summed E-state index contributed by atoms with van der Waals surface area (Å²) in [6.07, 6.45) is 0. The fourth-order valence-electron chi connectivity index (χ4n) is 2.68. The second-order valence-electron chi connectivity index (χ2n) is 6.05. The summed E-state index contributed by atoms with van der Waals surface area (Å²) in [6, 6.07) is 13.5. The fraction of sp³-hybridized carbons (Fsp3) is 0.211. The van der Waals surface area contributed by atoms with E-state index in [9.17, 15) is 0 Å². The Labute approximate surface area is 161 Å². The van der Waals surface area contributed by atoms with E-state index in [0.29, 0.717) is 42.3 Å². The highest BCUT2D eigenvalue weighted by Crippen LogP contribution is 2.32. The van der Waals surface area contributed by atoms with Crippen molar-refractivity contribution in [3.63, 3.8) is 0 Å². The highest BCUT2D eigenvalue weighted by atomic mass is 32.1. The molecule has 2 N–H and O–H groups in total. The number of nitrogens with one attached hydrogen (secondary N) is 2. The molecule has 0 saturated carbocycles. The van der Waals surface area contributed by atoms with Crippen LogP contribution in [-0.4, -0.2) is 28.5 Å². The van der Waals surface area contributed by atoms with Crippen molar-refractivity contribution in [1.82, 2.24) is 15.5 Å². The van der Waals surface area contributed by atoms with Crippen LogP contribution in [0.5, 0.6) is 11.5 Å². The zero-order valence-electron chi connectivity index (χ0n) is 14.7. The molecule has 0 atom stereocenters. The first kappa shape index (κ1) is 17.3. The van der Waals surface area contributed by atoms with Gasteiger partial charge in [-0.25, -0.2) is 0 Å². The second-order valence-corrected chi connectivity index (χ2v) is 6.46. The molecule has 0 fully saturated rings. The lowest BCUT2D eigenvalue weighted by atomic mass is 10.1. The van der Waals surface area contributed by atoms with Gasteiger partial charge < -0.3 is 24.6 Å². The Hall–Kier alpha value is -3.13. The molecular formula is C19H18N4O3S. The quantitative estimate of drug-likeness (QED) is 0.665. The zero-order chi connectivity index (χ0) is 18.6. The maximum absolute atomic E-state index is 5.57. The highest BCUT2D eigenvalue weighted by Gasteiger charge is 2.13. The van der Waals surface area contributed by atoms with Gasteiger partial charge in [0.15, 0.2) is 16.6 Å². The van der Waals surface area contributed by atoms with Crippen LogP contribution in [0, 0.1) is 6.92 Å². The summed E-state index contributed by atoms with van der Waals surface area (Å²) in [5, 5.41) is 10.6. The molecule has 138 valence electrons. The third-order valence-electron chi connectivity index (χ3n) is 3.94. The molecule has 0 saturated heterocycles. The molecule has 4 rings (SSSR count). The molecule has 0 aliphatic carbocycles. The second kappa shape index (κ2) is 7.63. The van der Waals surface area contributed by atoms with Crippen LogP contribution in [0.3, 0.4) is 0 Å². The summed E-state index contributed by atoms with van der Waals surface area (Å²) in [6.45, 7) is 3.46. The Morgan fingerprint density at radius 2 is 1.96 bits per heavy atom. The van der Waals surface area contributed by atoms with Gasteiger partial charge in [-0.1, -0.05) is 28.9 Å². The summed E-state index contributed by atoms with van der Waals surface area (Å²) >= 11 is 5.32. The summed E-state index contributed by atoms with van der Waals surface area (Å²) in [7, 11) is 0. The number of aromatic nitrogens is 2. The molecule has 0 bridgehead atoms. The predicted molar refractivity (Wildman–Crippen MR) is 105 cm³/mol. The average molecular weight is 382 g/mol. The first-order valence-corrected chi connectivity index (χ1v) is 8.92. The van der Waals surface area contributed by atoms with Crippen molar-refractivity contribution < 1.29 is 14.0 Å². The Balaban J connectivity index is 1.34. The molecule has 7 nitrogen and oxygen atoms in total. The lowest BCUT2D eigenvalue weighted by molar-refractivity contribution is 0.171. The van der Waals surface area contributed by atoms with Crippen LogP contribution in [-0.2, 0) is 6.54 Å². The van der Waals surface area contributed by atoms with Crippen molar-refractivity contribution >= 4 is 23.0 Å². The predicted octanol–water partition coefficient (Wildman–Crippen LogP) is 3.30. The fourth-order valence-corrected chi connectivity index (χ4v) is 2.87. The van der Waals surface area contributed by atoms with Crippen LogP contribution in [0.4, 0.5) is 5.69 Å². The smallest absolute Gasteiger partial charge is 0.246 e. The zero-order valence-corrected chi connectivity index (χ0v) is 15.5. The van der Waals surface area contributed by atoms with E-state index in [1.54, 1.807) is 0 Å². The van der Waals surface area contributed by atoms with Gasteiger partial charge >= 0.3 is 0 Å². The number of thiocarbonyl (C=S) groups is 1. The van der Waals surface area contributed by atoms with Crippen molar-refractivity contribution in [3.05, 3.63) is 53.9 Å². The Bertz CT molecular complexity index is 973. The minimum absolute atomic E-state index is 0.329. The number of aryl methyl sites for hydroxylation is 1. The van der Waals surface area contributed by atoms with Gasteiger partial charge in [-0.3, -0.25) is 0 Å². The number of hydrogen-bond donors (Lipinski definition) is 2. The van der Waals surface area contributed by atoms with Gasteiger partial charge in [-0.2, -0.15) is 4.98 Å². The van der Waals surface area contributed by atoms with E-state index in [0.717, 1.165) is 22.6 Å². The molecule has 2 aromatic carbocycles. The molecule has 0 spiro atoms. The van der Waals surface area contributed by atoms with Gasteiger partial charge in [0.2, 0.25) is 11.7 Å². The third-order valence-corrected chi connectivity index (χ3v) is 4.19. The summed E-state index contributed by atoms with van der Waals surface area (Å²) in [5.74, 6) is 2.45. The molecule has 1 aliphatic heterocycles. The van der Waals surface area contributed by atoms with E-state index in [1.165, 1.54) is 0 Å². The monoisotopic (exact) mass is 382 g/mol. The minimum atomic E-state index is 0.329. The van der Waals surface area contributed by atoms with Crippen LogP contribution in [0.1, 0.15) is 11.5 Å². The van der Waals surface area contributed by atoms with Gasteiger partial charge in [0.25, 0.3) is 0 Å². The van der Waals surface area contributed by atoms with E-state index >= 15 is 0 Å². The Kier molecular flexibility index (Phi) is 4.88. The van der Waals surface area contributed by atoms with Crippen molar-refractivity contribution in [2.75, 3.05) is 18.5 Å². The molecule has 1 aromatic heterocycles. The Morgan fingerprint density at radius 1 is 1.11 bits per heavy atom. The van der Waals surface area contributed by atoms with E-state index in [4.69, 9.17) is 26.2 Å². The van der Waals surface area contributed by atoms with Crippen LogP contribution in [0.25, 0.3) is 11.4 Å². The first-order valence-electron chi connectivity index (χ1n) is 8.51. The largest absolute Gasteiger partial charge is 0.486 e. The van der Waals surface area contributed by atoms with Crippen LogP contribution >= 0.6 is 12.2 Å². The lowest BCUT2D eigenvalue weighted by Gasteiger charge is -2.19. The average Bonchev–Trinajstić information content (AvgIpc) is 3.15. The van der Waals surface area contributed by atoms with Crippen molar-refractivity contribution in [2.45, 2.75) is 13.5 Å². The molecule has 0 radical (unpaired) electrons. The number of anilines is 1. The third kappa shape index (κ3) is 4.17. The molecule has 27 heavy (non-hydrogen) atoms. The number of fused-ring (bicyclic) bond motifs is 1. The maximum atomic E-state index is 5.57. The first-order chi connectivity index (χ1) is 13.2. The van der Waals surface area contributed by atoms with Gasteiger partial charge in [0.05, 0.1) is 6.54 Å². The molecule has 1 aliphatic rings. The highest BCUT2D eigenvalue weighted by molar-refractivity contribution is 7.80.